The van der Waals surface area contributed by atoms with Crippen molar-refractivity contribution >= 4 is 6.03 Å². The number of amides is 2. The molecule has 2 fully saturated rings. The van der Waals surface area contributed by atoms with E-state index < -0.39 is 5.60 Å². The summed E-state index contributed by atoms with van der Waals surface area (Å²) in [5.74, 6) is 0. The fourth-order valence-corrected chi connectivity index (χ4v) is 3.84. The topological polar surface area (TPSA) is 59.1 Å². The summed E-state index contributed by atoms with van der Waals surface area (Å²) in [5, 5.41) is 13.2. The Labute approximate surface area is 140 Å². The molecular formula is C17H34N4O2. The minimum Gasteiger partial charge on any atom is -0.389 e. The van der Waals surface area contributed by atoms with Gasteiger partial charge in [0.25, 0.3) is 0 Å². The van der Waals surface area contributed by atoms with Crippen LogP contribution in [0.25, 0.3) is 0 Å². The second kappa shape index (κ2) is 7.36. The second-order valence-corrected chi connectivity index (χ2v) is 8.17. The molecule has 1 aliphatic heterocycles. The van der Waals surface area contributed by atoms with Crippen molar-refractivity contribution in [3.05, 3.63) is 0 Å². The van der Waals surface area contributed by atoms with Crippen LogP contribution < -0.4 is 5.32 Å². The number of hydrogen-bond donors (Lipinski definition) is 2. The van der Waals surface area contributed by atoms with Gasteiger partial charge < -0.3 is 20.2 Å². The summed E-state index contributed by atoms with van der Waals surface area (Å²) in [5.41, 5.74) is -0.685. The summed E-state index contributed by atoms with van der Waals surface area (Å²) < 4.78 is 0. The molecule has 1 heterocycles. The van der Waals surface area contributed by atoms with E-state index in [0.717, 1.165) is 38.9 Å². The molecule has 0 aromatic carbocycles. The van der Waals surface area contributed by atoms with Crippen LogP contribution in [-0.2, 0) is 0 Å². The predicted octanol–water partition coefficient (Wildman–Crippen LogP) is 0.956. The van der Waals surface area contributed by atoms with Gasteiger partial charge in [-0.25, -0.2) is 4.79 Å². The van der Waals surface area contributed by atoms with Crippen molar-refractivity contribution in [3.63, 3.8) is 0 Å². The Hall–Kier alpha value is -0.850. The first-order valence-corrected chi connectivity index (χ1v) is 8.84. The Bertz CT molecular complexity index is 408. The number of carbonyl (C=O) groups is 1. The van der Waals surface area contributed by atoms with E-state index >= 15 is 0 Å². The van der Waals surface area contributed by atoms with Gasteiger partial charge in [0.2, 0.25) is 0 Å². The highest BCUT2D eigenvalue weighted by atomic mass is 16.3. The first-order chi connectivity index (χ1) is 10.7. The maximum absolute atomic E-state index is 12.6. The fraction of sp³-hybridized carbons (Fsp3) is 0.941. The van der Waals surface area contributed by atoms with E-state index in [1.807, 2.05) is 18.7 Å². The maximum atomic E-state index is 12.6. The molecule has 23 heavy (non-hydrogen) atoms. The van der Waals surface area contributed by atoms with Gasteiger partial charge in [-0.05, 0) is 54.1 Å². The summed E-state index contributed by atoms with van der Waals surface area (Å²) in [7, 11) is 4.22. The smallest absolute Gasteiger partial charge is 0.317 e. The lowest BCUT2D eigenvalue weighted by atomic mass is 10.1. The minimum atomic E-state index is -0.685. The van der Waals surface area contributed by atoms with Crippen molar-refractivity contribution in [1.29, 1.82) is 0 Å². The summed E-state index contributed by atoms with van der Waals surface area (Å²) in [4.78, 5) is 19.0. The van der Waals surface area contributed by atoms with Crippen LogP contribution in [-0.4, -0.2) is 89.8 Å². The quantitative estimate of drug-likeness (QED) is 0.808. The van der Waals surface area contributed by atoms with Crippen molar-refractivity contribution < 1.29 is 9.90 Å². The number of hydrogen-bond acceptors (Lipinski definition) is 4. The zero-order chi connectivity index (χ0) is 17.2. The molecule has 1 aliphatic carbocycles. The first-order valence-electron chi connectivity index (χ1n) is 8.84. The van der Waals surface area contributed by atoms with Crippen LogP contribution in [0.15, 0.2) is 0 Å². The number of rotatable bonds is 4. The molecule has 134 valence electrons. The van der Waals surface area contributed by atoms with E-state index in [-0.39, 0.29) is 12.1 Å². The van der Waals surface area contributed by atoms with Crippen molar-refractivity contribution in [2.45, 2.75) is 63.8 Å². The highest BCUT2D eigenvalue weighted by Crippen LogP contribution is 2.23. The molecule has 1 saturated heterocycles. The van der Waals surface area contributed by atoms with Gasteiger partial charge in [0.15, 0.2) is 0 Å². The number of β-amino-alcohol motifs (C(OH)–C–C–N with tert-alkyl or cyclic N) is 1. The molecule has 0 aromatic heterocycles. The number of nitrogens with zero attached hydrogens (tertiary/aromatic N) is 3. The molecule has 3 atom stereocenters. The lowest BCUT2D eigenvalue weighted by Gasteiger charge is -2.41. The van der Waals surface area contributed by atoms with Gasteiger partial charge in [0.05, 0.1) is 5.60 Å². The molecular weight excluding hydrogens is 292 g/mol. The Balaban J connectivity index is 1.80. The molecule has 2 aliphatic rings. The minimum absolute atomic E-state index is 0.0739. The van der Waals surface area contributed by atoms with Gasteiger partial charge in [-0.15, -0.1) is 0 Å². The third-order valence-corrected chi connectivity index (χ3v) is 5.05. The van der Waals surface area contributed by atoms with Crippen LogP contribution >= 0.6 is 0 Å². The second-order valence-electron chi connectivity index (χ2n) is 8.17. The molecule has 2 amide bonds. The van der Waals surface area contributed by atoms with Crippen molar-refractivity contribution in [2.75, 3.05) is 40.3 Å². The van der Waals surface area contributed by atoms with Crippen molar-refractivity contribution in [2.24, 2.45) is 0 Å². The van der Waals surface area contributed by atoms with Crippen molar-refractivity contribution in [3.8, 4) is 0 Å². The average Bonchev–Trinajstić information content (AvgIpc) is 2.85. The van der Waals surface area contributed by atoms with E-state index in [1.165, 1.54) is 0 Å². The molecule has 6 nitrogen and oxygen atoms in total. The van der Waals surface area contributed by atoms with Crippen LogP contribution in [0.4, 0.5) is 4.79 Å². The van der Waals surface area contributed by atoms with Gasteiger partial charge in [-0.2, -0.15) is 0 Å². The zero-order valence-electron chi connectivity index (χ0n) is 15.4. The molecule has 6 heteroatoms. The van der Waals surface area contributed by atoms with Gasteiger partial charge >= 0.3 is 6.03 Å². The Morgan fingerprint density at radius 1 is 1.30 bits per heavy atom. The normalized spacial score (nSPS) is 30.0. The average molecular weight is 326 g/mol. The van der Waals surface area contributed by atoms with E-state index in [2.05, 4.69) is 36.1 Å². The highest BCUT2D eigenvalue weighted by Gasteiger charge is 2.32. The monoisotopic (exact) mass is 326 g/mol. The molecule has 0 radical (unpaired) electrons. The lowest BCUT2D eigenvalue weighted by Crippen LogP contribution is -2.59. The van der Waals surface area contributed by atoms with E-state index in [0.29, 0.717) is 18.6 Å². The van der Waals surface area contributed by atoms with Gasteiger partial charge in [-0.1, -0.05) is 0 Å². The molecule has 0 unspecified atom stereocenters. The number of nitrogens with one attached hydrogen (secondary N) is 1. The van der Waals surface area contributed by atoms with Gasteiger partial charge in [0, 0.05) is 44.3 Å². The van der Waals surface area contributed by atoms with Crippen LogP contribution in [0.5, 0.6) is 0 Å². The standard InChI is InChI=1S/C17H34N4O2/c1-13-11-20(12-17(2,3)23)8-9-21(13)16(22)18-14-6-7-15(10-14)19(4)5/h13-15,23H,6-12H2,1-5H3,(H,18,22)/t13-,14+,15+/m1/s1. The van der Waals surface area contributed by atoms with E-state index in [9.17, 15) is 9.90 Å². The van der Waals surface area contributed by atoms with Crippen LogP contribution in [0.1, 0.15) is 40.0 Å². The fourth-order valence-electron chi connectivity index (χ4n) is 3.84. The SMILES string of the molecule is C[C@@H]1CN(CC(C)(C)O)CCN1C(=O)N[C@H]1CC[C@H](N(C)C)C1. The molecule has 2 rings (SSSR count). The third kappa shape index (κ3) is 5.33. The maximum Gasteiger partial charge on any atom is 0.317 e. The summed E-state index contributed by atoms with van der Waals surface area (Å²) in [6.45, 7) is 8.78. The van der Waals surface area contributed by atoms with E-state index in [1.54, 1.807) is 0 Å². The van der Waals surface area contributed by atoms with Crippen molar-refractivity contribution in [1.82, 2.24) is 20.0 Å². The zero-order valence-corrected chi connectivity index (χ0v) is 15.4. The third-order valence-electron chi connectivity index (χ3n) is 5.05. The molecule has 0 bridgehead atoms. The number of piperazine rings is 1. The highest BCUT2D eigenvalue weighted by molar-refractivity contribution is 5.75. The summed E-state index contributed by atoms with van der Waals surface area (Å²) in [6.07, 6.45) is 3.28. The predicted molar refractivity (Wildman–Crippen MR) is 92.6 cm³/mol. The van der Waals surface area contributed by atoms with E-state index in [4.69, 9.17) is 0 Å². The number of aliphatic hydroxyl groups is 1. The van der Waals surface area contributed by atoms with Crippen LogP contribution in [0, 0.1) is 0 Å². The Morgan fingerprint density at radius 3 is 2.52 bits per heavy atom. The van der Waals surface area contributed by atoms with Crippen LogP contribution in [0.2, 0.25) is 0 Å². The number of urea groups is 1. The van der Waals surface area contributed by atoms with Gasteiger partial charge in [-0.3, -0.25) is 4.90 Å². The van der Waals surface area contributed by atoms with Crippen LogP contribution in [0.3, 0.4) is 0 Å². The Morgan fingerprint density at radius 2 is 2.00 bits per heavy atom. The largest absolute Gasteiger partial charge is 0.389 e. The summed E-state index contributed by atoms with van der Waals surface area (Å²) in [6, 6.07) is 1.14. The molecule has 0 spiro atoms. The summed E-state index contributed by atoms with van der Waals surface area (Å²) >= 11 is 0. The molecule has 0 aromatic rings. The Kier molecular flexibility index (Phi) is 5.92. The number of carbonyl (C=O) groups excluding carboxylic acids is 1. The molecule has 1 saturated carbocycles. The first kappa shape index (κ1) is 18.5. The lowest BCUT2D eigenvalue weighted by molar-refractivity contribution is 0.0117. The van der Waals surface area contributed by atoms with Gasteiger partial charge in [0.1, 0.15) is 0 Å². The molecule has 2 N–H and O–H groups in total.